The molecule has 0 aromatic carbocycles. The Hall–Kier alpha value is -1.29. The molecule has 1 aromatic rings. The lowest BCUT2D eigenvalue weighted by atomic mass is 10.2. The fourth-order valence-corrected chi connectivity index (χ4v) is 2.42. The molecule has 0 saturated carbocycles. The average molecular weight is 464 g/mol. The van der Waals surface area contributed by atoms with Crippen molar-refractivity contribution < 1.29 is 13.9 Å². The van der Waals surface area contributed by atoms with E-state index in [2.05, 4.69) is 15.6 Å². The summed E-state index contributed by atoms with van der Waals surface area (Å²) in [6, 6.07) is 3.82. The summed E-state index contributed by atoms with van der Waals surface area (Å²) in [5.74, 6) is 2.24. The summed E-state index contributed by atoms with van der Waals surface area (Å²) in [7, 11) is 3.44. The fraction of sp³-hybridized carbons (Fsp3) is 0.647. The highest BCUT2D eigenvalue weighted by Gasteiger charge is 2.17. The van der Waals surface area contributed by atoms with Crippen LogP contribution in [0.1, 0.15) is 37.3 Å². The maximum absolute atomic E-state index is 11.8. The number of hydrogen-bond donors (Lipinski definition) is 2. The number of nitrogens with one attached hydrogen (secondary N) is 2. The number of nitrogens with zero attached hydrogens (tertiary/aromatic N) is 2. The Morgan fingerprint density at radius 2 is 2.20 bits per heavy atom. The van der Waals surface area contributed by atoms with Crippen molar-refractivity contribution in [3.8, 4) is 0 Å². The van der Waals surface area contributed by atoms with Crippen molar-refractivity contribution in [2.75, 3.05) is 33.8 Å². The Morgan fingerprint density at radius 1 is 1.44 bits per heavy atom. The lowest BCUT2D eigenvalue weighted by Gasteiger charge is -2.19. The van der Waals surface area contributed by atoms with Gasteiger partial charge in [0, 0.05) is 27.2 Å². The number of hydrogen-bond acceptors (Lipinski definition) is 4. The highest BCUT2D eigenvalue weighted by molar-refractivity contribution is 14.0. The minimum absolute atomic E-state index is 0. The van der Waals surface area contributed by atoms with E-state index in [1.54, 1.807) is 14.1 Å². The summed E-state index contributed by atoms with van der Waals surface area (Å²) in [6.07, 6.45) is 2.33. The molecule has 1 saturated heterocycles. The predicted octanol–water partition coefficient (Wildman–Crippen LogP) is 2.07. The standard InChI is InChI=1S/C17H28N4O3.HI/c1-12-7-8-15(24-12)13(2)20-17(19-11-16(22)21(3)4)18-10-14-6-5-9-23-14;/h7-8,13-14H,5-6,9-11H2,1-4H3,(H2,18,19,20);1H. The molecule has 2 unspecified atom stereocenters. The molecule has 7 nitrogen and oxygen atoms in total. The summed E-state index contributed by atoms with van der Waals surface area (Å²) in [5, 5.41) is 6.55. The number of guanidine groups is 1. The second-order valence-corrected chi connectivity index (χ2v) is 6.28. The Morgan fingerprint density at radius 3 is 2.76 bits per heavy atom. The van der Waals surface area contributed by atoms with Crippen LogP contribution in [-0.2, 0) is 9.53 Å². The molecule has 0 aliphatic carbocycles. The van der Waals surface area contributed by atoms with Crippen LogP contribution in [0.15, 0.2) is 21.5 Å². The van der Waals surface area contributed by atoms with E-state index in [1.165, 1.54) is 4.90 Å². The van der Waals surface area contributed by atoms with Crippen LogP contribution >= 0.6 is 24.0 Å². The van der Waals surface area contributed by atoms with Crippen LogP contribution < -0.4 is 10.6 Å². The maximum atomic E-state index is 11.8. The van der Waals surface area contributed by atoms with E-state index in [-0.39, 0.29) is 48.6 Å². The molecule has 2 atom stereocenters. The first kappa shape index (κ1) is 21.8. The Bertz CT molecular complexity index is 568. The van der Waals surface area contributed by atoms with Crippen molar-refractivity contribution in [3.05, 3.63) is 23.7 Å². The SMILES string of the molecule is Cc1ccc(C(C)NC(=NCC(=O)N(C)C)NCC2CCCO2)o1.I. The smallest absolute Gasteiger partial charge is 0.243 e. The van der Waals surface area contributed by atoms with Gasteiger partial charge in [0.05, 0.1) is 12.1 Å². The quantitative estimate of drug-likeness (QED) is 0.383. The first-order valence-corrected chi connectivity index (χ1v) is 8.38. The molecule has 142 valence electrons. The van der Waals surface area contributed by atoms with E-state index >= 15 is 0 Å². The van der Waals surface area contributed by atoms with E-state index in [1.807, 2.05) is 26.0 Å². The van der Waals surface area contributed by atoms with E-state index in [9.17, 15) is 4.79 Å². The van der Waals surface area contributed by atoms with E-state index in [4.69, 9.17) is 9.15 Å². The molecule has 2 N–H and O–H groups in total. The summed E-state index contributed by atoms with van der Waals surface area (Å²) >= 11 is 0. The van der Waals surface area contributed by atoms with E-state index in [0.717, 1.165) is 31.0 Å². The van der Waals surface area contributed by atoms with Gasteiger partial charge in [-0.25, -0.2) is 4.99 Å². The number of likely N-dealkylation sites (N-methyl/N-ethyl adjacent to an activating group) is 1. The van der Waals surface area contributed by atoms with Gasteiger partial charge >= 0.3 is 0 Å². The summed E-state index contributed by atoms with van der Waals surface area (Å²) in [4.78, 5) is 17.7. The van der Waals surface area contributed by atoms with Crippen molar-refractivity contribution in [2.45, 2.75) is 38.8 Å². The van der Waals surface area contributed by atoms with Crippen molar-refractivity contribution in [1.82, 2.24) is 15.5 Å². The molecule has 0 bridgehead atoms. The second-order valence-electron chi connectivity index (χ2n) is 6.28. The largest absolute Gasteiger partial charge is 0.464 e. The third-order valence-electron chi connectivity index (χ3n) is 3.93. The molecular formula is C17H29IN4O3. The van der Waals surface area contributed by atoms with Crippen molar-refractivity contribution in [1.29, 1.82) is 0 Å². The zero-order chi connectivity index (χ0) is 17.5. The fourth-order valence-electron chi connectivity index (χ4n) is 2.42. The number of carbonyl (C=O) groups excluding carboxylic acids is 1. The number of aryl methyl sites for hydroxylation is 1. The zero-order valence-electron chi connectivity index (χ0n) is 15.4. The molecule has 25 heavy (non-hydrogen) atoms. The van der Waals surface area contributed by atoms with Crippen LogP contribution in [0.25, 0.3) is 0 Å². The number of aliphatic imine (C=N–C) groups is 1. The third-order valence-corrected chi connectivity index (χ3v) is 3.93. The summed E-state index contributed by atoms with van der Waals surface area (Å²) in [5.41, 5.74) is 0. The maximum Gasteiger partial charge on any atom is 0.243 e. The lowest BCUT2D eigenvalue weighted by Crippen LogP contribution is -2.42. The van der Waals surface area contributed by atoms with Gasteiger partial charge in [-0.2, -0.15) is 0 Å². The zero-order valence-corrected chi connectivity index (χ0v) is 17.7. The van der Waals surface area contributed by atoms with Crippen LogP contribution in [0.3, 0.4) is 0 Å². The lowest BCUT2D eigenvalue weighted by molar-refractivity contribution is -0.127. The molecule has 1 aliphatic heterocycles. The predicted molar refractivity (Wildman–Crippen MR) is 108 cm³/mol. The second kappa shape index (κ2) is 10.6. The normalized spacial score (nSPS) is 18.4. The van der Waals surface area contributed by atoms with Crippen LogP contribution in [0.5, 0.6) is 0 Å². The molecular weight excluding hydrogens is 435 g/mol. The van der Waals surface area contributed by atoms with Gasteiger partial charge in [-0.3, -0.25) is 4.79 Å². The molecule has 2 rings (SSSR count). The third kappa shape index (κ3) is 7.23. The molecule has 1 aromatic heterocycles. The monoisotopic (exact) mass is 464 g/mol. The van der Waals surface area contributed by atoms with Crippen LogP contribution in [0.2, 0.25) is 0 Å². The van der Waals surface area contributed by atoms with Gasteiger partial charge in [0.25, 0.3) is 0 Å². The van der Waals surface area contributed by atoms with Gasteiger partial charge in [0.2, 0.25) is 5.91 Å². The first-order valence-electron chi connectivity index (χ1n) is 8.38. The molecule has 1 aliphatic rings. The number of furan rings is 1. The summed E-state index contributed by atoms with van der Waals surface area (Å²) < 4.78 is 11.3. The number of halogens is 1. The van der Waals surface area contributed by atoms with Gasteiger partial charge < -0.3 is 24.7 Å². The number of amides is 1. The van der Waals surface area contributed by atoms with Crippen molar-refractivity contribution in [2.24, 2.45) is 4.99 Å². The van der Waals surface area contributed by atoms with Gasteiger partial charge in [0.1, 0.15) is 18.1 Å². The Kier molecular flexibility index (Phi) is 9.26. The average Bonchev–Trinajstić information content (AvgIpc) is 3.20. The number of rotatable bonds is 6. The topological polar surface area (TPSA) is 79.1 Å². The minimum atomic E-state index is -0.0519. The van der Waals surface area contributed by atoms with Crippen LogP contribution in [0.4, 0.5) is 0 Å². The Balaban J connectivity index is 0.00000312. The van der Waals surface area contributed by atoms with Crippen molar-refractivity contribution >= 4 is 35.8 Å². The van der Waals surface area contributed by atoms with Gasteiger partial charge in [-0.05, 0) is 38.8 Å². The van der Waals surface area contributed by atoms with Gasteiger partial charge in [-0.15, -0.1) is 24.0 Å². The van der Waals surface area contributed by atoms with Gasteiger partial charge in [0.15, 0.2) is 5.96 Å². The molecule has 0 radical (unpaired) electrons. The highest BCUT2D eigenvalue weighted by atomic mass is 127. The van der Waals surface area contributed by atoms with Gasteiger partial charge in [-0.1, -0.05) is 0 Å². The highest BCUT2D eigenvalue weighted by Crippen LogP contribution is 2.15. The summed E-state index contributed by atoms with van der Waals surface area (Å²) in [6.45, 7) is 5.49. The molecule has 1 fully saturated rings. The van der Waals surface area contributed by atoms with E-state index < -0.39 is 0 Å². The number of ether oxygens (including phenoxy) is 1. The molecule has 0 spiro atoms. The minimum Gasteiger partial charge on any atom is -0.464 e. The number of carbonyl (C=O) groups is 1. The molecule has 8 heteroatoms. The van der Waals surface area contributed by atoms with Crippen LogP contribution in [-0.4, -0.2) is 56.7 Å². The Labute approximate surface area is 166 Å². The first-order chi connectivity index (χ1) is 11.5. The van der Waals surface area contributed by atoms with Crippen molar-refractivity contribution in [3.63, 3.8) is 0 Å². The molecule has 2 heterocycles. The van der Waals surface area contributed by atoms with E-state index in [0.29, 0.717) is 12.5 Å². The van der Waals surface area contributed by atoms with Crippen LogP contribution in [0, 0.1) is 6.92 Å². The molecule has 1 amide bonds.